The summed E-state index contributed by atoms with van der Waals surface area (Å²) < 4.78 is 7.11. The molecule has 1 fully saturated rings. The molecule has 1 aromatic carbocycles. The number of rotatable bonds is 1. The van der Waals surface area contributed by atoms with Crippen LogP contribution in [0, 0.1) is 6.92 Å². The van der Waals surface area contributed by atoms with Crippen LogP contribution in [-0.2, 0) is 4.74 Å². The van der Waals surface area contributed by atoms with Crippen LogP contribution in [0.1, 0.15) is 5.69 Å². The normalized spacial score (nSPS) is 15.1. The van der Waals surface area contributed by atoms with Crippen LogP contribution >= 0.6 is 0 Å². The van der Waals surface area contributed by atoms with E-state index in [1.807, 2.05) is 25.1 Å². The number of carbonyl (C=O) groups excluding carboxylic acids is 1. The third-order valence-electron chi connectivity index (χ3n) is 4.03. The van der Waals surface area contributed by atoms with Gasteiger partial charge in [-0.15, -0.1) is 4.68 Å². The first-order chi connectivity index (χ1) is 11.6. The number of carbonyl (C=O) groups is 1. The lowest BCUT2D eigenvalue weighted by atomic mass is 10.2. The fourth-order valence-corrected chi connectivity index (χ4v) is 2.81. The van der Waals surface area contributed by atoms with E-state index in [2.05, 4.69) is 15.4 Å². The van der Waals surface area contributed by atoms with Crippen molar-refractivity contribution in [1.29, 1.82) is 0 Å². The van der Waals surface area contributed by atoms with Crippen LogP contribution in [0.15, 0.2) is 29.1 Å². The van der Waals surface area contributed by atoms with Crippen molar-refractivity contribution in [3.8, 4) is 5.69 Å². The van der Waals surface area contributed by atoms with Gasteiger partial charge in [-0.1, -0.05) is 6.07 Å². The first kappa shape index (κ1) is 14.6. The van der Waals surface area contributed by atoms with Crippen molar-refractivity contribution in [1.82, 2.24) is 29.7 Å². The Bertz CT molecular complexity index is 963. The van der Waals surface area contributed by atoms with Gasteiger partial charge in [0.1, 0.15) is 0 Å². The molecule has 24 heavy (non-hydrogen) atoms. The van der Waals surface area contributed by atoms with E-state index in [4.69, 9.17) is 4.74 Å². The molecule has 1 saturated heterocycles. The van der Waals surface area contributed by atoms with Gasteiger partial charge in [0.2, 0.25) is 0 Å². The minimum atomic E-state index is -0.589. The second-order valence-corrected chi connectivity index (χ2v) is 5.69. The molecule has 124 valence electrons. The Kier molecular flexibility index (Phi) is 3.42. The summed E-state index contributed by atoms with van der Waals surface area (Å²) in [4.78, 5) is 29.6. The molecule has 0 unspecified atom stereocenters. The molecule has 1 aliphatic heterocycles. The van der Waals surface area contributed by atoms with Crippen molar-refractivity contribution in [3.63, 3.8) is 0 Å². The fourth-order valence-electron chi connectivity index (χ4n) is 2.81. The van der Waals surface area contributed by atoms with Crippen LogP contribution in [0.2, 0.25) is 0 Å². The topological polar surface area (TPSA) is 98.0 Å². The third kappa shape index (κ3) is 2.38. The zero-order valence-corrected chi connectivity index (χ0v) is 13.1. The summed E-state index contributed by atoms with van der Waals surface area (Å²) in [5.74, 6) is 0. The maximum Gasteiger partial charge on any atom is 0.377 e. The Hall–Kier alpha value is -2.94. The van der Waals surface area contributed by atoms with Gasteiger partial charge in [0.25, 0.3) is 0 Å². The first-order valence-electron chi connectivity index (χ1n) is 7.65. The molecule has 1 aliphatic rings. The van der Waals surface area contributed by atoms with Gasteiger partial charge in [-0.25, -0.2) is 9.59 Å². The number of tetrazole rings is 1. The summed E-state index contributed by atoms with van der Waals surface area (Å²) in [5.41, 5.74) is 1.89. The van der Waals surface area contributed by atoms with Crippen LogP contribution in [0.3, 0.4) is 0 Å². The highest BCUT2D eigenvalue weighted by Gasteiger charge is 2.23. The van der Waals surface area contributed by atoms with Crippen LogP contribution in [0.5, 0.6) is 0 Å². The Morgan fingerprint density at radius 2 is 2.00 bits per heavy atom. The maximum atomic E-state index is 12.5. The molecular formula is C15H16N6O3. The van der Waals surface area contributed by atoms with Gasteiger partial charge in [0, 0.05) is 24.3 Å². The number of nitrogens with zero attached hydrogens (tertiary/aromatic N) is 5. The second-order valence-electron chi connectivity index (χ2n) is 5.69. The van der Waals surface area contributed by atoms with Crippen molar-refractivity contribution in [3.05, 3.63) is 40.4 Å². The Morgan fingerprint density at radius 3 is 2.79 bits per heavy atom. The summed E-state index contributed by atoms with van der Waals surface area (Å²) in [6, 6.07) is 7.01. The number of aromatic nitrogens is 5. The van der Waals surface area contributed by atoms with Gasteiger partial charge in [-0.3, -0.25) is 0 Å². The number of amides is 1. The summed E-state index contributed by atoms with van der Waals surface area (Å²) in [6.07, 6.45) is 0. The monoisotopic (exact) mass is 328 g/mol. The Balaban J connectivity index is 1.70. The van der Waals surface area contributed by atoms with Crippen LogP contribution in [0.4, 0.5) is 4.79 Å². The predicted molar refractivity (Wildman–Crippen MR) is 85.4 cm³/mol. The van der Waals surface area contributed by atoms with Gasteiger partial charge in [-0.05, 0) is 40.9 Å². The van der Waals surface area contributed by atoms with Gasteiger partial charge < -0.3 is 14.6 Å². The molecule has 1 amide bonds. The lowest BCUT2D eigenvalue weighted by Crippen LogP contribution is -2.46. The standard InChI is InChI=1S/C15H16N6O3/c1-10-8-11-2-3-12(9-13(11)16-10)20-15(23)21(18-17-20)14(22)19-4-6-24-7-5-19/h2-3,8-9,16H,4-7H2,1H3. The molecule has 3 aromatic rings. The number of aryl methyl sites for hydroxylation is 1. The van der Waals surface area contributed by atoms with Gasteiger partial charge >= 0.3 is 11.7 Å². The van der Waals surface area contributed by atoms with Crippen LogP contribution < -0.4 is 5.69 Å². The van der Waals surface area contributed by atoms with E-state index in [-0.39, 0.29) is 0 Å². The van der Waals surface area contributed by atoms with Crippen molar-refractivity contribution in [2.75, 3.05) is 26.3 Å². The lowest BCUT2D eigenvalue weighted by molar-refractivity contribution is 0.0525. The minimum absolute atomic E-state index is 0.436. The molecule has 0 bridgehead atoms. The molecule has 3 heterocycles. The van der Waals surface area contributed by atoms with E-state index in [1.165, 1.54) is 4.90 Å². The van der Waals surface area contributed by atoms with Crippen molar-refractivity contribution in [2.24, 2.45) is 0 Å². The molecule has 2 aromatic heterocycles. The smallest absolute Gasteiger partial charge is 0.377 e. The molecule has 0 spiro atoms. The zero-order chi connectivity index (χ0) is 16.7. The largest absolute Gasteiger partial charge is 0.378 e. The summed E-state index contributed by atoms with van der Waals surface area (Å²) in [6.45, 7) is 3.75. The second kappa shape index (κ2) is 5.60. The molecule has 9 heteroatoms. The molecular weight excluding hydrogens is 312 g/mol. The fraction of sp³-hybridized carbons (Fsp3) is 0.333. The molecule has 0 saturated carbocycles. The molecule has 0 aliphatic carbocycles. The van der Waals surface area contributed by atoms with E-state index in [9.17, 15) is 9.59 Å². The molecule has 4 rings (SSSR count). The molecule has 0 atom stereocenters. The van der Waals surface area contributed by atoms with Gasteiger partial charge in [0.15, 0.2) is 0 Å². The third-order valence-corrected chi connectivity index (χ3v) is 4.03. The average molecular weight is 328 g/mol. The summed E-state index contributed by atoms with van der Waals surface area (Å²) in [7, 11) is 0. The highest BCUT2D eigenvalue weighted by molar-refractivity contribution is 5.82. The number of hydrogen-bond acceptors (Lipinski definition) is 5. The Labute approximate surface area is 136 Å². The van der Waals surface area contributed by atoms with Crippen LogP contribution in [-0.4, -0.2) is 62.0 Å². The minimum Gasteiger partial charge on any atom is -0.378 e. The summed E-state index contributed by atoms with van der Waals surface area (Å²) in [5, 5.41) is 8.61. The number of aromatic amines is 1. The van der Waals surface area contributed by atoms with E-state index >= 15 is 0 Å². The average Bonchev–Trinajstić information content (AvgIpc) is 3.16. The number of ether oxygens (including phenoxy) is 1. The van der Waals surface area contributed by atoms with Crippen LogP contribution in [0.25, 0.3) is 16.6 Å². The van der Waals surface area contributed by atoms with Gasteiger partial charge in [0.05, 0.1) is 18.9 Å². The SMILES string of the molecule is Cc1cc2ccc(-n3nnn(C(=O)N4CCOCC4)c3=O)cc2[nH]1. The summed E-state index contributed by atoms with van der Waals surface area (Å²) >= 11 is 0. The quantitative estimate of drug-likeness (QED) is 0.657. The maximum absolute atomic E-state index is 12.5. The molecule has 0 radical (unpaired) electrons. The first-order valence-corrected chi connectivity index (χ1v) is 7.65. The van der Waals surface area contributed by atoms with Crippen molar-refractivity contribution < 1.29 is 9.53 Å². The van der Waals surface area contributed by atoms with E-state index < -0.39 is 11.7 Å². The number of nitrogens with one attached hydrogen (secondary N) is 1. The molecule has 9 nitrogen and oxygen atoms in total. The van der Waals surface area contributed by atoms with Crippen molar-refractivity contribution in [2.45, 2.75) is 6.92 Å². The Morgan fingerprint density at radius 1 is 1.21 bits per heavy atom. The number of morpholine rings is 1. The highest BCUT2D eigenvalue weighted by Crippen LogP contribution is 2.17. The van der Waals surface area contributed by atoms with E-state index in [0.29, 0.717) is 32.0 Å². The van der Waals surface area contributed by atoms with E-state index in [0.717, 1.165) is 26.0 Å². The zero-order valence-electron chi connectivity index (χ0n) is 13.1. The number of fused-ring (bicyclic) bond motifs is 1. The number of hydrogen-bond donors (Lipinski definition) is 1. The number of H-pyrrole nitrogens is 1. The number of benzene rings is 1. The van der Waals surface area contributed by atoms with Gasteiger partial charge in [-0.2, -0.15) is 4.68 Å². The predicted octanol–water partition coefficient (Wildman–Crippen LogP) is 0.519. The van der Waals surface area contributed by atoms with Crippen molar-refractivity contribution >= 4 is 16.9 Å². The molecule has 1 N–H and O–H groups in total. The highest BCUT2D eigenvalue weighted by atomic mass is 16.5. The lowest BCUT2D eigenvalue weighted by Gasteiger charge is -2.25. The van der Waals surface area contributed by atoms with E-state index in [1.54, 1.807) is 6.07 Å².